The Bertz CT molecular complexity index is 1120. The third-order valence-corrected chi connectivity index (χ3v) is 4.58. The second kappa shape index (κ2) is 7.13. The van der Waals surface area contributed by atoms with Crippen molar-refractivity contribution in [3.05, 3.63) is 77.6 Å². The minimum Gasteiger partial charge on any atom is -0.352 e. The Kier molecular flexibility index (Phi) is 4.52. The minimum absolute atomic E-state index is 0.322. The predicted octanol–water partition coefficient (Wildman–Crippen LogP) is 5.84. The van der Waals surface area contributed by atoms with Crippen LogP contribution >= 0.6 is 11.6 Å². The number of aromatic amines is 1. The number of fused-ring (bicyclic) bond motifs is 1. The van der Waals surface area contributed by atoms with Gasteiger partial charge in [0.15, 0.2) is 0 Å². The molecule has 4 aromatic rings. The van der Waals surface area contributed by atoms with Gasteiger partial charge in [-0.3, -0.25) is 4.98 Å². The highest BCUT2D eigenvalue weighted by atomic mass is 35.5. The highest BCUT2D eigenvalue weighted by Crippen LogP contribution is 2.37. The molecule has 2 aromatic carbocycles. The number of nitrogens with one attached hydrogen (secondary N) is 3. The standard InChI is InChI=1S/C21H17ClN4O/c1-13-4-2-5-15(12-13)24-21(27)26-20-16-6-3-7-17(22)19(16)25-18(20)14-8-10-23-11-9-14/h2-12,25H,1H3,(H2,24,26,27). The normalized spacial score (nSPS) is 10.7. The number of nitrogens with zero attached hydrogens (tertiary/aromatic N) is 1. The lowest BCUT2D eigenvalue weighted by molar-refractivity contribution is 0.262. The number of anilines is 2. The second-order valence-electron chi connectivity index (χ2n) is 6.22. The summed E-state index contributed by atoms with van der Waals surface area (Å²) in [5.74, 6) is 0. The third-order valence-electron chi connectivity index (χ3n) is 4.27. The van der Waals surface area contributed by atoms with E-state index in [0.29, 0.717) is 10.7 Å². The lowest BCUT2D eigenvalue weighted by atomic mass is 10.1. The van der Waals surface area contributed by atoms with Crippen LogP contribution in [0.15, 0.2) is 67.0 Å². The summed E-state index contributed by atoms with van der Waals surface area (Å²) in [4.78, 5) is 20.0. The maximum atomic E-state index is 12.6. The van der Waals surface area contributed by atoms with Gasteiger partial charge in [-0.05, 0) is 42.8 Å². The van der Waals surface area contributed by atoms with Gasteiger partial charge >= 0.3 is 6.03 Å². The number of halogens is 1. The van der Waals surface area contributed by atoms with Crippen molar-refractivity contribution in [1.29, 1.82) is 0 Å². The highest BCUT2D eigenvalue weighted by molar-refractivity contribution is 6.36. The van der Waals surface area contributed by atoms with Gasteiger partial charge in [0.2, 0.25) is 0 Å². The van der Waals surface area contributed by atoms with E-state index in [1.165, 1.54) is 0 Å². The summed E-state index contributed by atoms with van der Waals surface area (Å²) < 4.78 is 0. The number of H-pyrrole nitrogens is 1. The molecule has 3 N–H and O–H groups in total. The highest BCUT2D eigenvalue weighted by Gasteiger charge is 2.17. The quantitative estimate of drug-likeness (QED) is 0.420. The van der Waals surface area contributed by atoms with Crippen LogP contribution in [0.5, 0.6) is 0 Å². The van der Waals surface area contributed by atoms with Crippen molar-refractivity contribution < 1.29 is 4.79 Å². The predicted molar refractivity (Wildman–Crippen MR) is 110 cm³/mol. The maximum Gasteiger partial charge on any atom is 0.323 e. The summed E-state index contributed by atoms with van der Waals surface area (Å²) in [6, 6.07) is 16.7. The number of pyridine rings is 1. The Hall–Kier alpha value is -3.31. The van der Waals surface area contributed by atoms with Crippen LogP contribution in [-0.2, 0) is 0 Å². The van der Waals surface area contributed by atoms with Crippen LogP contribution < -0.4 is 10.6 Å². The number of hydrogen-bond donors (Lipinski definition) is 3. The molecule has 134 valence electrons. The molecule has 0 radical (unpaired) electrons. The average Bonchev–Trinajstić information content (AvgIpc) is 3.02. The molecular formula is C21H17ClN4O. The van der Waals surface area contributed by atoms with Gasteiger partial charge in [-0.2, -0.15) is 0 Å². The van der Waals surface area contributed by atoms with Crippen LogP contribution in [0.4, 0.5) is 16.2 Å². The summed E-state index contributed by atoms with van der Waals surface area (Å²) in [6.45, 7) is 1.98. The Labute approximate surface area is 161 Å². The van der Waals surface area contributed by atoms with Crippen molar-refractivity contribution in [2.75, 3.05) is 10.6 Å². The van der Waals surface area contributed by atoms with E-state index in [4.69, 9.17) is 11.6 Å². The summed E-state index contributed by atoms with van der Waals surface area (Å²) in [6.07, 6.45) is 3.41. The lowest BCUT2D eigenvalue weighted by Crippen LogP contribution is -2.19. The van der Waals surface area contributed by atoms with Crippen LogP contribution in [0.3, 0.4) is 0 Å². The van der Waals surface area contributed by atoms with Gasteiger partial charge in [-0.15, -0.1) is 0 Å². The number of carbonyl (C=O) groups excluding carboxylic acids is 1. The molecule has 0 spiro atoms. The van der Waals surface area contributed by atoms with Gasteiger partial charge in [-0.25, -0.2) is 4.79 Å². The molecule has 0 aliphatic heterocycles. The minimum atomic E-state index is -0.322. The fourth-order valence-corrected chi connectivity index (χ4v) is 3.27. The van der Waals surface area contributed by atoms with Gasteiger partial charge in [-0.1, -0.05) is 35.9 Å². The molecule has 0 saturated carbocycles. The van der Waals surface area contributed by atoms with Gasteiger partial charge < -0.3 is 15.6 Å². The summed E-state index contributed by atoms with van der Waals surface area (Å²) in [5, 5.41) is 7.27. The van der Waals surface area contributed by atoms with Gasteiger partial charge in [0.1, 0.15) is 0 Å². The lowest BCUT2D eigenvalue weighted by Gasteiger charge is -2.10. The Morgan fingerprint density at radius 2 is 1.81 bits per heavy atom. The third kappa shape index (κ3) is 3.50. The number of carbonyl (C=O) groups is 1. The molecule has 6 heteroatoms. The molecule has 0 fully saturated rings. The zero-order valence-electron chi connectivity index (χ0n) is 14.6. The number of aryl methyl sites for hydroxylation is 1. The number of aromatic nitrogens is 2. The first kappa shape index (κ1) is 17.1. The van der Waals surface area contributed by atoms with Crippen LogP contribution in [-0.4, -0.2) is 16.0 Å². The van der Waals surface area contributed by atoms with Gasteiger partial charge in [0.05, 0.1) is 21.9 Å². The van der Waals surface area contributed by atoms with Gasteiger partial charge in [0, 0.05) is 29.0 Å². The van der Waals surface area contributed by atoms with Crippen LogP contribution in [0.1, 0.15) is 5.56 Å². The van der Waals surface area contributed by atoms with Crippen LogP contribution in [0, 0.1) is 6.92 Å². The molecule has 0 aliphatic rings. The molecular weight excluding hydrogens is 360 g/mol. The molecule has 2 aromatic heterocycles. The van der Waals surface area contributed by atoms with Crippen LogP contribution in [0.25, 0.3) is 22.2 Å². The van der Waals surface area contributed by atoms with E-state index in [1.54, 1.807) is 12.4 Å². The Balaban J connectivity index is 1.73. The van der Waals surface area contributed by atoms with E-state index in [0.717, 1.165) is 33.4 Å². The van der Waals surface area contributed by atoms with E-state index in [9.17, 15) is 4.79 Å². The largest absolute Gasteiger partial charge is 0.352 e. The molecule has 2 heterocycles. The number of benzene rings is 2. The van der Waals surface area contributed by atoms with Crippen LogP contribution in [0.2, 0.25) is 5.02 Å². The monoisotopic (exact) mass is 376 g/mol. The number of rotatable bonds is 3. The van der Waals surface area contributed by atoms with E-state index in [-0.39, 0.29) is 6.03 Å². The van der Waals surface area contributed by atoms with Gasteiger partial charge in [0.25, 0.3) is 0 Å². The van der Waals surface area contributed by atoms with Crippen molar-refractivity contribution >= 4 is 39.9 Å². The fraction of sp³-hybridized carbons (Fsp3) is 0.0476. The first-order valence-electron chi connectivity index (χ1n) is 8.47. The zero-order chi connectivity index (χ0) is 18.8. The Morgan fingerprint density at radius 1 is 1.04 bits per heavy atom. The molecule has 2 amide bonds. The van der Waals surface area contributed by atoms with Crippen molar-refractivity contribution in [2.24, 2.45) is 0 Å². The first-order chi connectivity index (χ1) is 13.1. The topological polar surface area (TPSA) is 69.8 Å². The molecule has 5 nitrogen and oxygen atoms in total. The number of hydrogen-bond acceptors (Lipinski definition) is 2. The zero-order valence-corrected chi connectivity index (χ0v) is 15.3. The van der Waals surface area contributed by atoms with E-state index in [1.807, 2.05) is 61.5 Å². The first-order valence-corrected chi connectivity index (χ1v) is 8.85. The number of para-hydroxylation sites is 1. The molecule has 0 aliphatic carbocycles. The van der Waals surface area contributed by atoms with E-state index < -0.39 is 0 Å². The molecule has 0 saturated heterocycles. The fourth-order valence-electron chi connectivity index (χ4n) is 3.05. The number of amides is 2. The molecule has 27 heavy (non-hydrogen) atoms. The summed E-state index contributed by atoms with van der Waals surface area (Å²) in [7, 11) is 0. The number of urea groups is 1. The smallest absolute Gasteiger partial charge is 0.323 e. The molecule has 0 bridgehead atoms. The Morgan fingerprint density at radius 3 is 2.59 bits per heavy atom. The molecule has 0 unspecified atom stereocenters. The van der Waals surface area contributed by atoms with Crippen molar-refractivity contribution in [1.82, 2.24) is 9.97 Å². The summed E-state index contributed by atoms with van der Waals surface area (Å²) >= 11 is 6.34. The van der Waals surface area contributed by atoms with E-state index >= 15 is 0 Å². The van der Waals surface area contributed by atoms with E-state index in [2.05, 4.69) is 20.6 Å². The van der Waals surface area contributed by atoms with Crippen molar-refractivity contribution in [3.63, 3.8) is 0 Å². The van der Waals surface area contributed by atoms with Crippen molar-refractivity contribution in [2.45, 2.75) is 6.92 Å². The maximum absolute atomic E-state index is 12.6. The molecule has 4 rings (SSSR count). The summed E-state index contributed by atoms with van der Waals surface area (Å²) in [5.41, 5.74) is 4.93. The van der Waals surface area contributed by atoms with Crippen molar-refractivity contribution in [3.8, 4) is 11.3 Å². The average molecular weight is 377 g/mol. The molecule has 0 atom stereocenters. The second-order valence-corrected chi connectivity index (χ2v) is 6.63. The SMILES string of the molecule is Cc1cccc(NC(=O)Nc2c(-c3ccncc3)[nH]c3c(Cl)cccc23)c1.